The zero-order valence-corrected chi connectivity index (χ0v) is 13.0. The van der Waals surface area contributed by atoms with Gasteiger partial charge in [-0.3, -0.25) is 0 Å². The van der Waals surface area contributed by atoms with Crippen LogP contribution in [0.5, 0.6) is 0 Å². The minimum atomic E-state index is -2.11. The number of carbonyl (C=O) groups excluding carboxylic acids is 1. The van der Waals surface area contributed by atoms with Crippen LogP contribution in [0.15, 0.2) is 0 Å². The van der Waals surface area contributed by atoms with Gasteiger partial charge in [0.25, 0.3) is 0 Å². The molecule has 0 aliphatic carbocycles. The van der Waals surface area contributed by atoms with Gasteiger partial charge in [0, 0.05) is 0 Å². The average molecular weight is 372 g/mol. The topological polar surface area (TPSA) is 218 Å². The minimum Gasteiger partial charge on any atom is -0.394 e. The van der Waals surface area contributed by atoms with Gasteiger partial charge in [0.2, 0.25) is 0 Å². The molecule has 10 atom stereocenters. The Morgan fingerprint density at radius 3 is 2.00 bits per heavy atom. The fourth-order valence-electron chi connectivity index (χ4n) is 2.26. The summed E-state index contributed by atoms with van der Waals surface area (Å²) in [6, 6.07) is 0. The molecule has 1 rings (SSSR count). The second-order valence-electron chi connectivity index (χ2n) is 5.66. The molecule has 0 aromatic rings. The van der Waals surface area contributed by atoms with Crippen LogP contribution in [-0.2, 0) is 14.3 Å². The molecule has 10 unspecified atom stereocenters. The summed E-state index contributed by atoms with van der Waals surface area (Å²) in [5, 5.41) is 85.2. The normalized spacial score (nSPS) is 36.3. The fourth-order valence-corrected chi connectivity index (χ4v) is 2.26. The van der Waals surface area contributed by atoms with Crippen molar-refractivity contribution in [1.29, 1.82) is 0 Å². The van der Waals surface area contributed by atoms with Gasteiger partial charge in [0.15, 0.2) is 12.6 Å². The molecular weight excluding hydrogens is 348 g/mol. The first-order valence-electron chi connectivity index (χ1n) is 7.43. The first kappa shape index (κ1) is 22.3. The number of hydrogen-bond donors (Lipinski definition) is 9. The molecule has 0 radical (unpaired) electrons. The molecule has 0 amide bonds. The third kappa shape index (κ3) is 5.12. The predicted octanol–water partition coefficient (Wildman–Crippen LogP) is -6.19. The molecule has 0 aromatic carbocycles. The van der Waals surface area contributed by atoms with Crippen molar-refractivity contribution in [2.45, 2.75) is 61.2 Å². The van der Waals surface area contributed by atoms with Crippen LogP contribution in [-0.4, -0.2) is 127 Å². The number of ether oxygens (including phenoxy) is 2. The second kappa shape index (κ2) is 9.80. The lowest BCUT2D eigenvalue weighted by Gasteiger charge is -2.41. The SMILES string of the molecule is O=CC(OC1OC(CO)C(O)C(O)C1O)C(O)C(O)C(O)C(O)CO. The van der Waals surface area contributed by atoms with E-state index < -0.39 is 74.4 Å². The standard InChI is InChI=1S/C13H24O12/c14-1-4(17)7(18)10(21)8(19)5(2-15)24-13-12(23)11(22)9(20)6(3-16)25-13/h2,4-14,16-23H,1,3H2. The monoisotopic (exact) mass is 372 g/mol. The van der Waals surface area contributed by atoms with Gasteiger partial charge >= 0.3 is 0 Å². The molecular formula is C13H24O12. The van der Waals surface area contributed by atoms with E-state index in [0.29, 0.717) is 0 Å². The maximum atomic E-state index is 11.1. The van der Waals surface area contributed by atoms with Crippen LogP contribution in [0, 0.1) is 0 Å². The highest BCUT2D eigenvalue weighted by atomic mass is 16.7. The molecule has 1 fully saturated rings. The Hall–Kier alpha value is -0.770. The van der Waals surface area contributed by atoms with Crippen LogP contribution in [0.2, 0.25) is 0 Å². The Labute approximate surface area is 142 Å². The first-order chi connectivity index (χ1) is 11.7. The van der Waals surface area contributed by atoms with Crippen molar-refractivity contribution < 1.29 is 60.2 Å². The second-order valence-corrected chi connectivity index (χ2v) is 5.66. The van der Waals surface area contributed by atoms with Crippen LogP contribution in [0.25, 0.3) is 0 Å². The average Bonchev–Trinajstić information content (AvgIpc) is 2.63. The lowest BCUT2D eigenvalue weighted by atomic mass is 9.98. The summed E-state index contributed by atoms with van der Waals surface area (Å²) in [5.41, 5.74) is 0. The lowest BCUT2D eigenvalue weighted by Crippen LogP contribution is -2.61. The maximum Gasteiger partial charge on any atom is 0.187 e. The van der Waals surface area contributed by atoms with Crippen molar-refractivity contribution in [3.05, 3.63) is 0 Å². The van der Waals surface area contributed by atoms with E-state index in [2.05, 4.69) is 0 Å². The zero-order chi connectivity index (χ0) is 19.3. The summed E-state index contributed by atoms with van der Waals surface area (Å²) < 4.78 is 9.95. The molecule has 12 heteroatoms. The summed E-state index contributed by atoms with van der Waals surface area (Å²) in [6.07, 6.45) is -18.3. The quantitative estimate of drug-likeness (QED) is 0.173. The molecule has 1 aliphatic rings. The van der Waals surface area contributed by atoms with Gasteiger partial charge < -0.3 is 60.2 Å². The summed E-state index contributed by atoms with van der Waals surface area (Å²) in [7, 11) is 0. The lowest BCUT2D eigenvalue weighted by molar-refractivity contribution is -0.315. The first-order valence-corrected chi connectivity index (χ1v) is 7.43. The van der Waals surface area contributed by atoms with Crippen LogP contribution in [0.3, 0.4) is 0 Å². The number of hydrogen-bond acceptors (Lipinski definition) is 12. The molecule has 148 valence electrons. The highest BCUT2D eigenvalue weighted by Gasteiger charge is 2.46. The zero-order valence-electron chi connectivity index (χ0n) is 13.0. The van der Waals surface area contributed by atoms with Gasteiger partial charge in [-0.15, -0.1) is 0 Å². The Kier molecular flexibility index (Phi) is 8.73. The van der Waals surface area contributed by atoms with Gasteiger partial charge in [-0.05, 0) is 0 Å². The van der Waals surface area contributed by atoms with E-state index in [1.165, 1.54) is 0 Å². The minimum absolute atomic E-state index is 0.00732. The highest BCUT2D eigenvalue weighted by molar-refractivity contribution is 5.57. The molecule has 1 heterocycles. The third-order valence-corrected chi connectivity index (χ3v) is 3.89. The molecule has 1 aliphatic heterocycles. The van der Waals surface area contributed by atoms with Crippen molar-refractivity contribution in [1.82, 2.24) is 0 Å². The van der Waals surface area contributed by atoms with E-state index in [-0.39, 0.29) is 6.29 Å². The molecule has 12 nitrogen and oxygen atoms in total. The molecule has 0 saturated carbocycles. The number of aliphatic hydroxyl groups excluding tert-OH is 9. The van der Waals surface area contributed by atoms with E-state index in [1.54, 1.807) is 0 Å². The smallest absolute Gasteiger partial charge is 0.187 e. The van der Waals surface area contributed by atoms with Gasteiger partial charge in [0.05, 0.1) is 13.2 Å². The van der Waals surface area contributed by atoms with E-state index in [0.717, 1.165) is 0 Å². The van der Waals surface area contributed by atoms with E-state index in [9.17, 15) is 40.5 Å². The molecule has 0 aromatic heterocycles. The van der Waals surface area contributed by atoms with E-state index in [4.69, 9.17) is 19.7 Å². The number of aliphatic hydroxyl groups is 9. The third-order valence-electron chi connectivity index (χ3n) is 3.89. The van der Waals surface area contributed by atoms with Gasteiger partial charge in [-0.1, -0.05) is 0 Å². The molecule has 0 spiro atoms. The summed E-state index contributed by atoms with van der Waals surface area (Å²) in [5.74, 6) is 0. The van der Waals surface area contributed by atoms with Crippen molar-refractivity contribution in [3.8, 4) is 0 Å². The molecule has 25 heavy (non-hydrogen) atoms. The summed E-state index contributed by atoms with van der Waals surface area (Å²) >= 11 is 0. The molecule has 9 N–H and O–H groups in total. The Bertz CT molecular complexity index is 406. The number of rotatable bonds is 9. The fraction of sp³-hybridized carbons (Fsp3) is 0.923. The van der Waals surface area contributed by atoms with Crippen LogP contribution < -0.4 is 0 Å². The van der Waals surface area contributed by atoms with E-state index in [1.807, 2.05) is 0 Å². The van der Waals surface area contributed by atoms with Gasteiger partial charge in [-0.25, -0.2) is 0 Å². The molecule has 0 bridgehead atoms. The number of carbonyl (C=O) groups is 1. The van der Waals surface area contributed by atoms with Crippen LogP contribution >= 0.6 is 0 Å². The van der Waals surface area contributed by atoms with Crippen LogP contribution in [0.1, 0.15) is 0 Å². The van der Waals surface area contributed by atoms with Crippen LogP contribution in [0.4, 0.5) is 0 Å². The largest absolute Gasteiger partial charge is 0.394 e. The molecule has 1 saturated heterocycles. The Balaban J connectivity index is 2.81. The van der Waals surface area contributed by atoms with Gasteiger partial charge in [-0.2, -0.15) is 0 Å². The van der Waals surface area contributed by atoms with Crippen molar-refractivity contribution in [2.75, 3.05) is 13.2 Å². The predicted molar refractivity (Wildman–Crippen MR) is 75.8 cm³/mol. The van der Waals surface area contributed by atoms with Crippen molar-refractivity contribution in [3.63, 3.8) is 0 Å². The Morgan fingerprint density at radius 2 is 1.52 bits per heavy atom. The highest BCUT2D eigenvalue weighted by Crippen LogP contribution is 2.24. The Morgan fingerprint density at radius 1 is 0.920 bits per heavy atom. The number of aldehydes is 1. The van der Waals surface area contributed by atoms with Crippen molar-refractivity contribution in [2.24, 2.45) is 0 Å². The van der Waals surface area contributed by atoms with Crippen molar-refractivity contribution >= 4 is 6.29 Å². The van der Waals surface area contributed by atoms with Gasteiger partial charge in [0.1, 0.15) is 54.9 Å². The maximum absolute atomic E-state index is 11.1. The summed E-state index contributed by atoms with van der Waals surface area (Å²) in [4.78, 5) is 11.1. The summed E-state index contributed by atoms with van der Waals surface area (Å²) in [6.45, 7) is -1.67. The van der Waals surface area contributed by atoms with E-state index >= 15 is 0 Å².